The topological polar surface area (TPSA) is 17.1 Å². The van der Waals surface area contributed by atoms with Gasteiger partial charge < -0.3 is 0 Å². The number of aryl methyl sites for hydroxylation is 1. The summed E-state index contributed by atoms with van der Waals surface area (Å²) in [5.74, 6) is -0.995. The summed E-state index contributed by atoms with van der Waals surface area (Å²) in [5, 5.41) is 0. The molecule has 1 saturated carbocycles. The Hall–Kier alpha value is -1.25. The number of rotatable bonds is 2. The largest absolute Gasteiger partial charge is 0.299 e. The molecule has 3 heteroatoms. The maximum absolute atomic E-state index is 13.6. The first-order valence-electron chi connectivity index (χ1n) is 4.94. The van der Waals surface area contributed by atoms with Gasteiger partial charge in [0.05, 0.1) is 5.41 Å². The minimum Gasteiger partial charge on any atom is -0.299 e. The molecule has 0 bridgehead atoms. The van der Waals surface area contributed by atoms with Gasteiger partial charge in [0, 0.05) is 5.56 Å². The van der Waals surface area contributed by atoms with Crippen molar-refractivity contribution in [2.75, 3.05) is 0 Å². The summed E-state index contributed by atoms with van der Waals surface area (Å²) in [5.41, 5.74) is -0.243. The summed E-state index contributed by atoms with van der Waals surface area (Å²) in [6.07, 6.45) is 1.25. The van der Waals surface area contributed by atoms with Crippen molar-refractivity contribution in [2.24, 2.45) is 0 Å². The van der Waals surface area contributed by atoms with Gasteiger partial charge in [-0.2, -0.15) is 0 Å². The van der Waals surface area contributed by atoms with E-state index in [1.807, 2.05) is 0 Å². The molecule has 0 radical (unpaired) electrons. The Morgan fingerprint density at radius 3 is 2.33 bits per heavy atom. The Bertz CT molecular complexity index is 433. The van der Waals surface area contributed by atoms with Crippen molar-refractivity contribution in [3.05, 3.63) is 34.9 Å². The number of ketones is 1. The lowest BCUT2D eigenvalue weighted by molar-refractivity contribution is -0.119. The number of hydrogen-bond donors (Lipinski definition) is 0. The van der Waals surface area contributed by atoms with Gasteiger partial charge in [0.1, 0.15) is 17.4 Å². The van der Waals surface area contributed by atoms with Gasteiger partial charge in [0.15, 0.2) is 0 Å². The normalized spacial score (nSPS) is 17.6. The van der Waals surface area contributed by atoms with Crippen LogP contribution in [0.3, 0.4) is 0 Å². The van der Waals surface area contributed by atoms with E-state index in [1.54, 1.807) is 0 Å². The molecule has 80 valence electrons. The van der Waals surface area contributed by atoms with Gasteiger partial charge in [-0.25, -0.2) is 8.78 Å². The Balaban J connectivity index is 2.54. The van der Waals surface area contributed by atoms with Crippen molar-refractivity contribution < 1.29 is 13.6 Å². The quantitative estimate of drug-likeness (QED) is 0.733. The lowest BCUT2D eigenvalue weighted by Crippen LogP contribution is -2.19. The fourth-order valence-electron chi connectivity index (χ4n) is 1.95. The second-order valence-corrected chi connectivity index (χ2v) is 4.22. The number of hydrogen-bond acceptors (Lipinski definition) is 1. The van der Waals surface area contributed by atoms with E-state index in [2.05, 4.69) is 0 Å². The molecule has 0 aliphatic heterocycles. The molecule has 1 aliphatic carbocycles. The lowest BCUT2D eigenvalue weighted by atomic mass is 9.91. The number of Topliss-reactive ketones (excluding diaryl/α,β-unsaturated/α-hetero) is 1. The molecule has 0 atom stereocenters. The Morgan fingerprint density at radius 1 is 1.27 bits per heavy atom. The summed E-state index contributed by atoms with van der Waals surface area (Å²) in [6.45, 7) is 2.94. The summed E-state index contributed by atoms with van der Waals surface area (Å²) in [7, 11) is 0. The third-order valence-electron chi connectivity index (χ3n) is 3.19. The SMILES string of the molecule is CC(=O)C1(c2cc(F)c(C)cc2F)CC1. The first-order valence-corrected chi connectivity index (χ1v) is 4.94. The fourth-order valence-corrected chi connectivity index (χ4v) is 1.95. The summed E-state index contributed by atoms with van der Waals surface area (Å²) in [4.78, 5) is 11.4. The van der Waals surface area contributed by atoms with Crippen LogP contribution in [0, 0.1) is 18.6 Å². The molecule has 2 rings (SSSR count). The van der Waals surface area contributed by atoms with E-state index in [0.29, 0.717) is 12.8 Å². The van der Waals surface area contributed by atoms with E-state index >= 15 is 0 Å². The van der Waals surface area contributed by atoms with E-state index in [4.69, 9.17) is 0 Å². The van der Waals surface area contributed by atoms with Crippen molar-refractivity contribution in [1.29, 1.82) is 0 Å². The molecule has 0 N–H and O–H groups in total. The predicted molar refractivity (Wildman–Crippen MR) is 52.7 cm³/mol. The molecule has 1 aromatic carbocycles. The molecule has 15 heavy (non-hydrogen) atoms. The smallest absolute Gasteiger partial charge is 0.140 e. The van der Waals surface area contributed by atoms with Crippen molar-refractivity contribution >= 4 is 5.78 Å². The van der Waals surface area contributed by atoms with Gasteiger partial charge in [-0.15, -0.1) is 0 Å². The highest BCUT2D eigenvalue weighted by Gasteiger charge is 2.50. The van der Waals surface area contributed by atoms with Crippen LogP contribution in [0.25, 0.3) is 0 Å². The second kappa shape index (κ2) is 3.12. The zero-order chi connectivity index (χ0) is 11.2. The van der Waals surface area contributed by atoms with Gasteiger partial charge in [0.25, 0.3) is 0 Å². The molecule has 0 saturated heterocycles. The molecule has 1 fully saturated rings. The molecule has 0 amide bonds. The van der Waals surface area contributed by atoms with Crippen LogP contribution in [0.2, 0.25) is 0 Å². The number of carbonyl (C=O) groups is 1. The van der Waals surface area contributed by atoms with Crippen LogP contribution >= 0.6 is 0 Å². The van der Waals surface area contributed by atoms with E-state index in [0.717, 1.165) is 6.07 Å². The molecule has 1 aliphatic rings. The highest BCUT2D eigenvalue weighted by molar-refractivity contribution is 5.91. The highest BCUT2D eigenvalue weighted by atomic mass is 19.1. The van der Waals surface area contributed by atoms with E-state index in [9.17, 15) is 13.6 Å². The molecule has 0 unspecified atom stereocenters. The van der Waals surface area contributed by atoms with E-state index in [1.165, 1.54) is 19.9 Å². The summed E-state index contributed by atoms with van der Waals surface area (Å²) >= 11 is 0. The van der Waals surface area contributed by atoms with Crippen molar-refractivity contribution in [3.8, 4) is 0 Å². The van der Waals surface area contributed by atoms with Crippen LogP contribution in [0.1, 0.15) is 30.9 Å². The Morgan fingerprint density at radius 2 is 1.87 bits per heavy atom. The zero-order valence-corrected chi connectivity index (χ0v) is 8.73. The maximum Gasteiger partial charge on any atom is 0.140 e. The average Bonchev–Trinajstić information content (AvgIpc) is 2.92. The minimum atomic E-state index is -0.737. The molecule has 0 aromatic heterocycles. The van der Waals surface area contributed by atoms with Gasteiger partial charge in [-0.05, 0) is 44.4 Å². The molecular formula is C12H12F2O. The van der Waals surface area contributed by atoms with E-state index < -0.39 is 17.0 Å². The van der Waals surface area contributed by atoms with Crippen LogP contribution in [0.5, 0.6) is 0 Å². The molecule has 1 aromatic rings. The van der Waals surface area contributed by atoms with Crippen molar-refractivity contribution in [1.82, 2.24) is 0 Å². The third kappa shape index (κ3) is 1.46. The summed E-state index contributed by atoms with van der Waals surface area (Å²) < 4.78 is 26.9. The van der Waals surface area contributed by atoms with Crippen LogP contribution in [0.15, 0.2) is 12.1 Å². The standard InChI is InChI=1S/C12H12F2O/c1-7-5-11(14)9(6-10(7)13)12(3-4-12)8(2)15/h5-6H,3-4H2,1-2H3. The molecule has 1 nitrogen and oxygen atoms in total. The molecule has 0 spiro atoms. The highest BCUT2D eigenvalue weighted by Crippen LogP contribution is 2.50. The first kappa shape index (κ1) is 10.3. The number of carbonyl (C=O) groups excluding carboxylic acids is 1. The predicted octanol–water partition coefficient (Wildman–Crippen LogP) is 2.89. The van der Waals surface area contributed by atoms with Crippen LogP contribution in [0.4, 0.5) is 8.78 Å². The van der Waals surface area contributed by atoms with Crippen molar-refractivity contribution in [3.63, 3.8) is 0 Å². The van der Waals surface area contributed by atoms with Gasteiger partial charge in [0.2, 0.25) is 0 Å². The minimum absolute atomic E-state index is 0.0790. The van der Waals surface area contributed by atoms with Gasteiger partial charge in [-0.1, -0.05) is 0 Å². The number of halogens is 2. The van der Waals surface area contributed by atoms with Gasteiger partial charge >= 0.3 is 0 Å². The zero-order valence-electron chi connectivity index (χ0n) is 8.73. The first-order chi connectivity index (χ1) is 6.97. The second-order valence-electron chi connectivity index (χ2n) is 4.22. The fraction of sp³-hybridized carbons (Fsp3) is 0.417. The third-order valence-corrected chi connectivity index (χ3v) is 3.19. The number of benzene rings is 1. The molecular weight excluding hydrogens is 198 g/mol. The lowest BCUT2D eigenvalue weighted by Gasteiger charge is -2.13. The van der Waals surface area contributed by atoms with E-state index in [-0.39, 0.29) is 16.9 Å². The van der Waals surface area contributed by atoms with Crippen LogP contribution in [-0.2, 0) is 10.2 Å². The summed E-state index contributed by atoms with van der Waals surface area (Å²) in [6, 6.07) is 2.33. The monoisotopic (exact) mass is 210 g/mol. The van der Waals surface area contributed by atoms with Crippen LogP contribution < -0.4 is 0 Å². The average molecular weight is 210 g/mol. The molecule has 0 heterocycles. The Labute approximate surface area is 87.1 Å². The Kier molecular flexibility index (Phi) is 2.14. The van der Waals surface area contributed by atoms with Crippen LogP contribution in [-0.4, -0.2) is 5.78 Å². The van der Waals surface area contributed by atoms with Gasteiger partial charge in [-0.3, -0.25) is 4.79 Å². The van der Waals surface area contributed by atoms with Crippen molar-refractivity contribution in [2.45, 2.75) is 32.1 Å². The maximum atomic E-state index is 13.6.